The molecule has 1 N–H and O–H groups in total. The molecule has 42 heavy (non-hydrogen) atoms. The highest BCUT2D eigenvalue weighted by Crippen LogP contribution is 2.45. The van der Waals surface area contributed by atoms with Gasteiger partial charge in [-0.25, -0.2) is 26.3 Å². The molecule has 0 atom stereocenters. The van der Waals surface area contributed by atoms with Gasteiger partial charge in [0.1, 0.15) is 23.2 Å². The van der Waals surface area contributed by atoms with Crippen LogP contribution in [-0.4, -0.2) is 44.2 Å². The van der Waals surface area contributed by atoms with Crippen LogP contribution in [0.2, 0.25) is 0 Å². The Morgan fingerprint density at radius 1 is 0.857 bits per heavy atom. The molecule has 3 aromatic rings. The zero-order chi connectivity index (χ0) is 29.4. The number of rotatable bonds is 10. The lowest BCUT2D eigenvalue weighted by atomic mass is 9.91. The number of nitrogens with zero attached hydrogens (tertiary/aromatic N) is 1. The third kappa shape index (κ3) is 6.49. The van der Waals surface area contributed by atoms with E-state index in [0.717, 1.165) is 55.5 Å². The number of hydrogen-bond donors (Lipinski definition) is 1. The van der Waals surface area contributed by atoms with Gasteiger partial charge in [-0.3, -0.25) is 9.69 Å². The number of nitrogens with one attached hydrogen (secondary N) is 1. The first-order chi connectivity index (χ1) is 20.2. The van der Waals surface area contributed by atoms with E-state index in [1.54, 1.807) is 24.3 Å². The van der Waals surface area contributed by atoms with Crippen molar-refractivity contribution >= 4 is 15.9 Å². The number of likely N-dealkylation sites (tertiary alicyclic amines) is 1. The summed E-state index contributed by atoms with van der Waals surface area (Å²) in [5.41, 5.74) is 2.30. The van der Waals surface area contributed by atoms with Crippen molar-refractivity contribution in [3.63, 3.8) is 0 Å². The number of benzene rings is 3. The molecule has 2 aliphatic carbocycles. The highest BCUT2D eigenvalue weighted by molar-refractivity contribution is 7.91. The summed E-state index contributed by atoms with van der Waals surface area (Å²) in [7, 11) is -3.79. The standard InChI is InChI=1S/C32H33F3N2O4S/c33-24-7-3-22(4-8-24)31(23-5-9-25(34)10-6-23)37-15-13-20(14-16-37)19-41-30-18-29(35)28(17-27(30)21-1-2-21)32(38)36-42(39,40)26-11-12-26/h3-10,17-18,20-21,26,31H,1-2,11-16,19H2,(H,36,38). The zero-order valence-corrected chi connectivity index (χ0v) is 23.9. The topological polar surface area (TPSA) is 75.7 Å². The van der Waals surface area contributed by atoms with Crippen molar-refractivity contribution in [1.82, 2.24) is 9.62 Å². The minimum absolute atomic E-state index is 0.147. The third-order valence-corrected chi connectivity index (χ3v) is 10.2. The molecular formula is C32H33F3N2O4S. The van der Waals surface area contributed by atoms with E-state index in [2.05, 4.69) is 4.90 Å². The molecule has 1 amide bonds. The van der Waals surface area contributed by atoms with E-state index in [-0.39, 0.29) is 35.1 Å². The number of halogens is 3. The van der Waals surface area contributed by atoms with Gasteiger partial charge >= 0.3 is 0 Å². The lowest BCUT2D eigenvalue weighted by Gasteiger charge is -2.38. The fourth-order valence-corrected chi connectivity index (χ4v) is 7.01. The van der Waals surface area contributed by atoms with Crippen molar-refractivity contribution in [2.24, 2.45) is 5.92 Å². The van der Waals surface area contributed by atoms with Crippen LogP contribution in [0.15, 0.2) is 60.7 Å². The fourth-order valence-electron chi connectivity index (χ4n) is 5.72. The van der Waals surface area contributed by atoms with Crippen molar-refractivity contribution < 1.29 is 31.1 Å². The van der Waals surface area contributed by atoms with Gasteiger partial charge in [0.2, 0.25) is 10.0 Å². The molecule has 6 nitrogen and oxygen atoms in total. The molecule has 0 aromatic heterocycles. The summed E-state index contributed by atoms with van der Waals surface area (Å²) in [5.74, 6) is -1.62. The summed E-state index contributed by atoms with van der Waals surface area (Å²) in [6.45, 7) is 1.87. The van der Waals surface area contributed by atoms with E-state index in [0.29, 0.717) is 25.2 Å². The van der Waals surface area contributed by atoms with E-state index in [4.69, 9.17) is 4.74 Å². The fraction of sp³-hybridized carbons (Fsp3) is 0.406. The molecule has 6 rings (SSSR count). The second kappa shape index (κ2) is 11.7. The van der Waals surface area contributed by atoms with Crippen molar-refractivity contribution in [3.8, 4) is 5.75 Å². The van der Waals surface area contributed by atoms with Gasteiger partial charge in [-0.1, -0.05) is 24.3 Å². The Morgan fingerprint density at radius 2 is 1.43 bits per heavy atom. The SMILES string of the molecule is O=C(NS(=O)(=O)C1CC1)c1cc(C2CC2)c(OCC2CCN(C(c3ccc(F)cc3)c3ccc(F)cc3)CC2)cc1F. The maximum atomic E-state index is 15.0. The molecule has 0 unspecified atom stereocenters. The predicted octanol–water partition coefficient (Wildman–Crippen LogP) is 6.08. The first kappa shape index (κ1) is 28.7. The van der Waals surface area contributed by atoms with Crippen LogP contribution in [0, 0.1) is 23.4 Å². The molecule has 3 aromatic carbocycles. The Balaban J connectivity index is 1.12. The Labute approximate surface area is 243 Å². The molecular weight excluding hydrogens is 565 g/mol. The van der Waals surface area contributed by atoms with Crippen molar-refractivity contribution in [2.75, 3.05) is 19.7 Å². The summed E-state index contributed by atoms with van der Waals surface area (Å²) in [4.78, 5) is 14.9. The molecule has 2 saturated carbocycles. The molecule has 222 valence electrons. The molecule has 1 saturated heterocycles. The minimum atomic E-state index is -3.79. The quantitative estimate of drug-likeness (QED) is 0.306. The molecule has 0 bridgehead atoms. The average molecular weight is 599 g/mol. The maximum Gasteiger partial charge on any atom is 0.267 e. The van der Waals surface area contributed by atoms with Crippen LogP contribution in [0.3, 0.4) is 0 Å². The lowest BCUT2D eigenvalue weighted by molar-refractivity contribution is 0.0977. The van der Waals surface area contributed by atoms with Gasteiger partial charge in [0.15, 0.2) is 0 Å². The minimum Gasteiger partial charge on any atom is -0.493 e. The number of hydrogen-bond acceptors (Lipinski definition) is 5. The van der Waals surface area contributed by atoms with E-state index < -0.39 is 27.0 Å². The monoisotopic (exact) mass is 598 g/mol. The van der Waals surface area contributed by atoms with Crippen LogP contribution < -0.4 is 9.46 Å². The Bertz CT molecular complexity index is 1500. The predicted molar refractivity (Wildman–Crippen MR) is 152 cm³/mol. The average Bonchev–Trinajstić information content (AvgIpc) is 3.87. The molecule has 0 radical (unpaired) electrons. The van der Waals surface area contributed by atoms with E-state index in [1.165, 1.54) is 36.4 Å². The number of carbonyl (C=O) groups is 1. The Morgan fingerprint density at radius 3 is 1.95 bits per heavy atom. The van der Waals surface area contributed by atoms with Crippen LogP contribution in [0.4, 0.5) is 13.2 Å². The summed E-state index contributed by atoms with van der Waals surface area (Å²) in [6.07, 6.45) is 4.44. The number of sulfonamides is 1. The first-order valence-electron chi connectivity index (χ1n) is 14.4. The van der Waals surface area contributed by atoms with Crippen molar-refractivity contribution in [1.29, 1.82) is 0 Å². The first-order valence-corrected chi connectivity index (χ1v) is 16.0. The van der Waals surface area contributed by atoms with Gasteiger partial charge in [0.25, 0.3) is 5.91 Å². The second-order valence-electron chi connectivity index (χ2n) is 11.6. The molecule has 1 heterocycles. The molecule has 10 heteroatoms. The number of piperidine rings is 1. The third-order valence-electron chi connectivity index (χ3n) is 8.42. The van der Waals surface area contributed by atoms with Crippen LogP contribution in [-0.2, 0) is 10.0 Å². The summed E-state index contributed by atoms with van der Waals surface area (Å²) in [5, 5.41) is -0.580. The van der Waals surface area contributed by atoms with Gasteiger partial charge in [0, 0.05) is 6.07 Å². The highest BCUT2D eigenvalue weighted by Gasteiger charge is 2.38. The molecule has 1 aliphatic heterocycles. The molecule has 3 aliphatic rings. The summed E-state index contributed by atoms with van der Waals surface area (Å²) >= 11 is 0. The van der Waals surface area contributed by atoms with Crippen LogP contribution in [0.1, 0.15) is 77.5 Å². The van der Waals surface area contributed by atoms with E-state index in [1.807, 2.05) is 4.72 Å². The van der Waals surface area contributed by atoms with Gasteiger partial charge in [-0.2, -0.15) is 0 Å². The summed E-state index contributed by atoms with van der Waals surface area (Å²) in [6, 6.07) is 15.3. The van der Waals surface area contributed by atoms with E-state index in [9.17, 15) is 22.0 Å². The zero-order valence-electron chi connectivity index (χ0n) is 23.1. The number of amides is 1. The van der Waals surface area contributed by atoms with Gasteiger partial charge in [0.05, 0.1) is 23.5 Å². The van der Waals surface area contributed by atoms with Crippen molar-refractivity contribution in [3.05, 3.63) is 100 Å². The smallest absolute Gasteiger partial charge is 0.267 e. The maximum absolute atomic E-state index is 15.0. The summed E-state index contributed by atoms with van der Waals surface area (Å²) < 4.78 is 74.9. The number of ether oxygens (including phenoxy) is 1. The Kier molecular flexibility index (Phi) is 8.02. The van der Waals surface area contributed by atoms with Gasteiger partial charge in [-0.05, 0) is 110 Å². The molecule has 0 spiro atoms. The number of carbonyl (C=O) groups excluding carboxylic acids is 1. The largest absolute Gasteiger partial charge is 0.493 e. The normalized spacial score (nSPS) is 18.3. The van der Waals surface area contributed by atoms with E-state index >= 15 is 4.39 Å². The molecule has 3 fully saturated rings. The van der Waals surface area contributed by atoms with Crippen molar-refractivity contribution in [2.45, 2.75) is 55.7 Å². The van der Waals surface area contributed by atoms with Crippen LogP contribution in [0.25, 0.3) is 0 Å². The second-order valence-corrected chi connectivity index (χ2v) is 13.6. The van der Waals surface area contributed by atoms with Crippen LogP contribution >= 0.6 is 0 Å². The van der Waals surface area contributed by atoms with Gasteiger partial charge in [-0.15, -0.1) is 0 Å². The lowest BCUT2D eigenvalue weighted by Crippen LogP contribution is -2.38. The Hall–Kier alpha value is -3.37. The highest BCUT2D eigenvalue weighted by atomic mass is 32.2. The van der Waals surface area contributed by atoms with Crippen LogP contribution in [0.5, 0.6) is 5.75 Å². The van der Waals surface area contributed by atoms with Gasteiger partial charge < -0.3 is 4.74 Å².